The summed E-state index contributed by atoms with van der Waals surface area (Å²) in [6, 6.07) is 0. The molecule has 1 heterocycles. The summed E-state index contributed by atoms with van der Waals surface area (Å²) < 4.78 is 18.4. The summed E-state index contributed by atoms with van der Waals surface area (Å²) in [5.74, 6) is -0.0632. The van der Waals surface area contributed by atoms with Gasteiger partial charge in [-0.2, -0.15) is 5.10 Å². The summed E-state index contributed by atoms with van der Waals surface area (Å²) in [6.07, 6.45) is 0.871. The number of halogens is 1. The van der Waals surface area contributed by atoms with E-state index in [1.807, 2.05) is 6.92 Å². The lowest BCUT2D eigenvalue weighted by molar-refractivity contribution is -0.140. The standard InChI is InChI=1S/C12H19ClN2O3S/c1-5-9-12(13)10(15(3)14-9)7-19(17)8(2)6-11(16)18-4/h8H,5-7H2,1-4H3. The molecule has 0 saturated heterocycles. The minimum atomic E-state index is -1.19. The molecule has 2 unspecified atom stereocenters. The minimum Gasteiger partial charge on any atom is -0.469 e. The van der Waals surface area contributed by atoms with Crippen molar-refractivity contribution in [3.05, 3.63) is 16.4 Å². The van der Waals surface area contributed by atoms with Crippen LogP contribution in [0.3, 0.4) is 0 Å². The summed E-state index contributed by atoms with van der Waals surface area (Å²) in [4.78, 5) is 11.2. The van der Waals surface area contributed by atoms with Gasteiger partial charge in [0.05, 0.1) is 35.7 Å². The first-order valence-corrected chi connectivity index (χ1v) is 7.80. The molecule has 0 aliphatic heterocycles. The number of aryl methyl sites for hydroxylation is 2. The summed E-state index contributed by atoms with van der Waals surface area (Å²) in [5.41, 5.74) is 1.55. The van der Waals surface area contributed by atoms with Crippen LogP contribution in [0.4, 0.5) is 0 Å². The van der Waals surface area contributed by atoms with E-state index in [2.05, 4.69) is 9.84 Å². The van der Waals surface area contributed by atoms with E-state index in [0.29, 0.717) is 10.8 Å². The van der Waals surface area contributed by atoms with Crippen molar-refractivity contribution in [1.29, 1.82) is 0 Å². The van der Waals surface area contributed by atoms with Gasteiger partial charge in [-0.15, -0.1) is 0 Å². The molecule has 1 rings (SSSR count). The van der Waals surface area contributed by atoms with E-state index in [1.165, 1.54) is 7.11 Å². The number of carbonyl (C=O) groups is 1. The molecule has 0 radical (unpaired) electrons. The topological polar surface area (TPSA) is 61.2 Å². The van der Waals surface area contributed by atoms with Crippen LogP contribution < -0.4 is 0 Å². The van der Waals surface area contributed by atoms with Gasteiger partial charge in [0.15, 0.2) is 0 Å². The molecule has 108 valence electrons. The molecule has 0 spiro atoms. The first-order valence-electron chi connectivity index (χ1n) is 6.04. The zero-order chi connectivity index (χ0) is 14.6. The van der Waals surface area contributed by atoms with Crippen LogP contribution in [0, 0.1) is 0 Å². The predicted molar refractivity (Wildman–Crippen MR) is 75.5 cm³/mol. The van der Waals surface area contributed by atoms with Gasteiger partial charge in [0, 0.05) is 23.1 Å². The van der Waals surface area contributed by atoms with Gasteiger partial charge in [0.25, 0.3) is 0 Å². The molecule has 0 aromatic carbocycles. The van der Waals surface area contributed by atoms with Gasteiger partial charge in [-0.05, 0) is 6.42 Å². The number of rotatable bonds is 6. The zero-order valence-electron chi connectivity index (χ0n) is 11.6. The molecule has 0 bridgehead atoms. The first-order chi connectivity index (χ1) is 8.90. The van der Waals surface area contributed by atoms with Crippen molar-refractivity contribution < 1.29 is 13.7 Å². The van der Waals surface area contributed by atoms with Crippen LogP contribution in [0.25, 0.3) is 0 Å². The second-order valence-electron chi connectivity index (χ2n) is 4.30. The monoisotopic (exact) mass is 306 g/mol. The number of methoxy groups -OCH3 is 1. The number of hydrogen-bond donors (Lipinski definition) is 0. The maximum atomic E-state index is 12.2. The highest BCUT2D eigenvalue weighted by Gasteiger charge is 2.20. The average molecular weight is 307 g/mol. The van der Waals surface area contributed by atoms with Crippen LogP contribution >= 0.6 is 11.6 Å². The normalized spacial score (nSPS) is 14.2. The maximum absolute atomic E-state index is 12.2. The smallest absolute Gasteiger partial charge is 0.306 e. The molecule has 1 aromatic heterocycles. The average Bonchev–Trinajstić information content (AvgIpc) is 2.65. The van der Waals surface area contributed by atoms with E-state index in [1.54, 1.807) is 18.7 Å². The lowest BCUT2D eigenvalue weighted by atomic mass is 10.3. The molecule has 5 nitrogen and oxygen atoms in total. The summed E-state index contributed by atoms with van der Waals surface area (Å²) in [6.45, 7) is 3.73. The molecule has 0 N–H and O–H groups in total. The molecular weight excluding hydrogens is 288 g/mol. The third-order valence-corrected chi connectivity index (χ3v) is 4.97. The van der Waals surface area contributed by atoms with Gasteiger partial charge < -0.3 is 4.74 Å². The number of aromatic nitrogens is 2. The predicted octanol–water partition coefficient (Wildman–Crippen LogP) is 1.84. The highest BCUT2D eigenvalue weighted by Crippen LogP contribution is 2.23. The summed E-state index contributed by atoms with van der Waals surface area (Å²) >= 11 is 6.20. The Labute approximate surface area is 120 Å². The molecule has 7 heteroatoms. The Balaban J connectivity index is 2.77. The Morgan fingerprint density at radius 1 is 1.58 bits per heavy atom. The first kappa shape index (κ1) is 16.2. The Morgan fingerprint density at radius 3 is 2.68 bits per heavy atom. The molecule has 19 heavy (non-hydrogen) atoms. The number of nitrogens with zero attached hydrogens (tertiary/aromatic N) is 2. The van der Waals surface area contributed by atoms with Gasteiger partial charge in [0.2, 0.25) is 0 Å². The lowest BCUT2D eigenvalue weighted by Crippen LogP contribution is -2.19. The van der Waals surface area contributed by atoms with Crippen molar-refractivity contribution in [3.8, 4) is 0 Å². The van der Waals surface area contributed by atoms with Crippen molar-refractivity contribution in [2.45, 2.75) is 37.7 Å². The van der Waals surface area contributed by atoms with E-state index in [-0.39, 0.29) is 17.6 Å². The second-order valence-corrected chi connectivity index (χ2v) is 6.53. The van der Waals surface area contributed by atoms with E-state index < -0.39 is 10.8 Å². The molecular formula is C12H19ClN2O3S. The number of ether oxygens (including phenoxy) is 1. The van der Waals surface area contributed by atoms with Crippen molar-refractivity contribution in [2.75, 3.05) is 7.11 Å². The third kappa shape index (κ3) is 4.04. The Hall–Kier alpha value is -0.880. The van der Waals surface area contributed by atoms with E-state index in [9.17, 15) is 9.00 Å². The van der Waals surface area contributed by atoms with Crippen LogP contribution in [0.1, 0.15) is 31.7 Å². The Morgan fingerprint density at radius 2 is 2.21 bits per heavy atom. The van der Waals surface area contributed by atoms with Crippen LogP contribution in [-0.4, -0.2) is 32.3 Å². The van der Waals surface area contributed by atoms with Crippen LogP contribution in [0.5, 0.6) is 0 Å². The van der Waals surface area contributed by atoms with Crippen LogP contribution in [0.2, 0.25) is 5.02 Å². The van der Waals surface area contributed by atoms with E-state index in [4.69, 9.17) is 11.6 Å². The number of esters is 1. The highest BCUT2D eigenvalue weighted by atomic mass is 35.5. The molecule has 1 aromatic rings. The molecule has 0 aliphatic carbocycles. The van der Waals surface area contributed by atoms with Gasteiger partial charge in [0.1, 0.15) is 0 Å². The molecule has 2 atom stereocenters. The second kappa shape index (κ2) is 7.05. The fourth-order valence-electron chi connectivity index (χ4n) is 1.66. The van der Waals surface area contributed by atoms with Gasteiger partial charge in [-0.3, -0.25) is 13.7 Å². The molecule has 0 saturated carbocycles. The minimum absolute atomic E-state index is 0.138. The third-order valence-electron chi connectivity index (χ3n) is 2.91. The SMILES string of the molecule is CCc1nn(C)c(CS(=O)C(C)CC(=O)OC)c1Cl. The van der Waals surface area contributed by atoms with Crippen molar-refractivity contribution in [2.24, 2.45) is 7.05 Å². The van der Waals surface area contributed by atoms with Crippen molar-refractivity contribution >= 4 is 28.4 Å². The van der Waals surface area contributed by atoms with Gasteiger partial charge >= 0.3 is 5.97 Å². The van der Waals surface area contributed by atoms with Gasteiger partial charge in [-0.25, -0.2) is 0 Å². The molecule has 0 aliphatic rings. The fraction of sp³-hybridized carbons (Fsp3) is 0.667. The maximum Gasteiger partial charge on any atom is 0.306 e. The largest absolute Gasteiger partial charge is 0.469 e. The van der Waals surface area contributed by atoms with Crippen LogP contribution in [0.15, 0.2) is 0 Å². The van der Waals surface area contributed by atoms with Crippen LogP contribution in [-0.2, 0) is 39.6 Å². The van der Waals surface area contributed by atoms with Gasteiger partial charge in [-0.1, -0.05) is 25.4 Å². The zero-order valence-corrected chi connectivity index (χ0v) is 13.2. The number of hydrogen-bond acceptors (Lipinski definition) is 4. The fourth-order valence-corrected chi connectivity index (χ4v) is 3.31. The quantitative estimate of drug-likeness (QED) is 0.752. The number of carbonyl (C=O) groups excluding carboxylic acids is 1. The summed E-state index contributed by atoms with van der Waals surface area (Å²) in [7, 11) is 1.91. The molecule has 0 fully saturated rings. The summed E-state index contributed by atoms with van der Waals surface area (Å²) in [5, 5.41) is 4.58. The Bertz CT molecular complexity index is 488. The van der Waals surface area contributed by atoms with E-state index in [0.717, 1.165) is 17.8 Å². The molecule has 0 amide bonds. The van der Waals surface area contributed by atoms with E-state index >= 15 is 0 Å². The van der Waals surface area contributed by atoms with Crippen molar-refractivity contribution in [3.63, 3.8) is 0 Å². The Kier molecular flexibility index (Phi) is 6.00. The van der Waals surface area contributed by atoms with Crippen molar-refractivity contribution in [1.82, 2.24) is 9.78 Å². The highest BCUT2D eigenvalue weighted by molar-refractivity contribution is 7.84. The lowest BCUT2D eigenvalue weighted by Gasteiger charge is -2.10.